The molecule has 32 heavy (non-hydrogen) atoms. The smallest absolute Gasteiger partial charge is 0.241 e. The van der Waals surface area contributed by atoms with E-state index in [9.17, 15) is 0 Å². The van der Waals surface area contributed by atoms with Gasteiger partial charge in [0.2, 0.25) is 5.95 Å². The Bertz CT molecular complexity index is 1230. The first-order valence-electron chi connectivity index (χ1n) is 11.5. The molecule has 8 nitrogen and oxygen atoms in total. The molecule has 4 aromatic rings. The van der Waals surface area contributed by atoms with Crippen molar-refractivity contribution in [2.75, 3.05) is 31.6 Å². The third-order valence-corrected chi connectivity index (χ3v) is 6.79. The van der Waals surface area contributed by atoms with Crippen LogP contribution in [0, 0.1) is 0 Å². The Morgan fingerprint density at radius 3 is 2.56 bits per heavy atom. The molecular weight excluding hydrogens is 402 g/mol. The van der Waals surface area contributed by atoms with Crippen LogP contribution < -0.4 is 5.32 Å². The highest BCUT2D eigenvalue weighted by Gasteiger charge is 2.27. The Morgan fingerprint density at radius 2 is 1.72 bits per heavy atom. The molecule has 0 spiro atoms. The van der Waals surface area contributed by atoms with Gasteiger partial charge in [0.25, 0.3) is 0 Å². The van der Waals surface area contributed by atoms with Crippen molar-refractivity contribution in [1.82, 2.24) is 29.5 Å². The highest BCUT2D eigenvalue weighted by molar-refractivity contribution is 5.86. The van der Waals surface area contributed by atoms with E-state index in [1.54, 1.807) is 12.4 Å². The number of morpholine rings is 1. The second-order valence-corrected chi connectivity index (χ2v) is 8.70. The summed E-state index contributed by atoms with van der Waals surface area (Å²) in [7, 11) is 0. The van der Waals surface area contributed by atoms with Crippen LogP contribution in [0.3, 0.4) is 0 Å². The summed E-state index contributed by atoms with van der Waals surface area (Å²) in [5.41, 5.74) is 4.94. The average molecular weight is 430 g/mol. The van der Waals surface area contributed by atoms with Gasteiger partial charge in [-0.1, -0.05) is 6.07 Å². The third kappa shape index (κ3) is 3.80. The Balaban J connectivity index is 1.16. The van der Waals surface area contributed by atoms with Gasteiger partial charge in [0.05, 0.1) is 36.0 Å². The molecule has 164 valence electrons. The minimum absolute atomic E-state index is 0.429. The normalized spacial score (nSPS) is 22.4. The number of hydrogen-bond donors (Lipinski definition) is 1. The molecule has 1 N–H and O–H groups in total. The van der Waals surface area contributed by atoms with Gasteiger partial charge in [-0.05, 0) is 49.4 Å². The molecule has 1 aromatic carbocycles. The van der Waals surface area contributed by atoms with Crippen LogP contribution in [0.25, 0.3) is 27.7 Å². The van der Waals surface area contributed by atoms with E-state index in [1.807, 2.05) is 23.0 Å². The van der Waals surface area contributed by atoms with Crippen LogP contribution in [0.4, 0.5) is 5.95 Å². The number of rotatable bonds is 4. The lowest BCUT2D eigenvalue weighted by Gasteiger charge is -2.38. The molecule has 1 aliphatic carbocycles. The zero-order valence-corrected chi connectivity index (χ0v) is 18.0. The highest BCUT2D eigenvalue weighted by Crippen LogP contribution is 2.28. The summed E-state index contributed by atoms with van der Waals surface area (Å²) in [4.78, 5) is 16.0. The molecule has 3 aromatic heterocycles. The summed E-state index contributed by atoms with van der Waals surface area (Å²) >= 11 is 0. The highest BCUT2D eigenvalue weighted by atomic mass is 16.5. The van der Waals surface area contributed by atoms with Gasteiger partial charge in [-0.15, -0.1) is 5.10 Å². The van der Waals surface area contributed by atoms with Gasteiger partial charge in [0.15, 0.2) is 0 Å². The molecule has 1 aliphatic heterocycles. The first-order valence-corrected chi connectivity index (χ1v) is 11.5. The molecule has 0 amide bonds. The van der Waals surface area contributed by atoms with Crippen molar-refractivity contribution < 1.29 is 4.74 Å². The predicted octanol–water partition coefficient (Wildman–Crippen LogP) is 3.39. The molecule has 2 fully saturated rings. The second-order valence-electron chi connectivity index (χ2n) is 8.70. The van der Waals surface area contributed by atoms with Crippen LogP contribution in [0.15, 0.2) is 49.1 Å². The van der Waals surface area contributed by atoms with Crippen LogP contribution in [0.5, 0.6) is 0 Å². The van der Waals surface area contributed by atoms with E-state index in [1.165, 1.54) is 12.8 Å². The maximum Gasteiger partial charge on any atom is 0.241 e. The second kappa shape index (κ2) is 8.44. The fourth-order valence-electron chi connectivity index (χ4n) is 5.05. The predicted molar refractivity (Wildman–Crippen MR) is 124 cm³/mol. The SMILES string of the molecule is c1cnc2cc(-c3ccn4nc(N[C@H]5CC[C@@H](N6CCOCC6)CC5)ncc34)ccc2n1. The van der Waals surface area contributed by atoms with Crippen LogP contribution in [0.2, 0.25) is 0 Å². The van der Waals surface area contributed by atoms with E-state index in [4.69, 9.17) is 9.84 Å². The lowest BCUT2D eigenvalue weighted by atomic mass is 9.90. The summed E-state index contributed by atoms with van der Waals surface area (Å²) < 4.78 is 7.40. The van der Waals surface area contributed by atoms with Crippen molar-refractivity contribution in [2.24, 2.45) is 0 Å². The zero-order valence-electron chi connectivity index (χ0n) is 18.0. The van der Waals surface area contributed by atoms with E-state index in [2.05, 4.69) is 43.4 Å². The summed E-state index contributed by atoms with van der Waals surface area (Å²) in [6, 6.07) is 9.35. The van der Waals surface area contributed by atoms with Crippen LogP contribution in [0.1, 0.15) is 25.7 Å². The van der Waals surface area contributed by atoms with E-state index in [0.717, 1.165) is 66.8 Å². The Labute approximate surface area is 186 Å². The van der Waals surface area contributed by atoms with Crippen LogP contribution in [-0.2, 0) is 4.74 Å². The zero-order chi connectivity index (χ0) is 21.3. The minimum atomic E-state index is 0.429. The van der Waals surface area contributed by atoms with Crippen molar-refractivity contribution in [3.63, 3.8) is 0 Å². The lowest BCUT2D eigenvalue weighted by Crippen LogP contribution is -2.46. The number of ether oxygens (including phenoxy) is 1. The van der Waals surface area contributed by atoms with E-state index < -0.39 is 0 Å². The molecule has 8 heteroatoms. The van der Waals surface area contributed by atoms with Gasteiger partial charge in [0.1, 0.15) is 0 Å². The molecule has 1 saturated carbocycles. The van der Waals surface area contributed by atoms with Crippen molar-refractivity contribution in [2.45, 2.75) is 37.8 Å². The summed E-state index contributed by atoms with van der Waals surface area (Å²) in [6.07, 6.45) is 12.1. The van der Waals surface area contributed by atoms with Gasteiger partial charge in [0, 0.05) is 49.3 Å². The number of benzene rings is 1. The lowest BCUT2D eigenvalue weighted by molar-refractivity contribution is 0.00790. The van der Waals surface area contributed by atoms with Crippen molar-refractivity contribution in [3.8, 4) is 11.1 Å². The van der Waals surface area contributed by atoms with Crippen LogP contribution in [-0.4, -0.2) is 67.9 Å². The molecule has 4 heterocycles. The van der Waals surface area contributed by atoms with Gasteiger partial charge >= 0.3 is 0 Å². The van der Waals surface area contributed by atoms with Gasteiger partial charge in [-0.3, -0.25) is 14.9 Å². The van der Waals surface area contributed by atoms with E-state index in [0.29, 0.717) is 18.0 Å². The topological polar surface area (TPSA) is 80.5 Å². The number of nitrogens with zero attached hydrogens (tertiary/aromatic N) is 6. The number of anilines is 1. The number of fused-ring (bicyclic) bond motifs is 2. The van der Waals surface area contributed by atoms with Gasteiger partial charge < -0.3 is 10.1 Å². The van der Waals surface area contributed by atoms with Gasteiger partial charge in [-0.25, -0.2) is 9.50 Å². The largest absolute Gasteiger partial charge is 0.379 e. The molecule has 6 rings (SSSR count). The van der Waals surface area contributed by atoms with Crippen LogP contribution >= 0.6 is 0 Å². The Kier molecular flexibility index (Phi) is 5.16. The molecule has 1 saturated heterocycles. The molecule has 0 radical (unpaired) electrons. The summed E-state index contributed by atoms with van der Waals surface area (Å²) in [5, 5.41) is 8.29. The summed E-state index contributed by atoms with van der Waals surface area (Å²) in [6.45, 7) is 3.89. The van der Waals surface area contributed by atoms with E-state index >= 15 is 0 Å². The number of nitrogens with one attached hydrogen (secondary N) is 1. The summed E-state index contributed by atoms with van der Waals surface area (Å²) in [5.74, 6) is 0.693. The first kappa shape index (κ1) is 19.6. The maximum atomic E-state index is 5.50. The maximum absolute atomic E-state index is 5.50. The Morgan fingerprint density at radius 1 is 0.906 bits per heavy atom. The molecule has 0 bridgehead atoms. The molecular formula is C24H27N7O. The fourth-order valence-corrected chi connectivity index (χ4v) is 5.05. The fraction of sp³-hybridized carbons (Fsp3) is 0.417. The van der Waals surface area contributed by atoms with Crippen molar-refractivity contribution in [3.05, 3.63) is 49.1 Å². The number of aromatic nitrogens is 5. The number of hydrogen-bond acceptors (Lipinski definition) is 7. The molecule has 2 aliphatic rings. The monoisotopic (exact) mass is 429 g/mol. The molecule has 0 unspecified atom stereocenters. The first-order chi connectivity index (χ1) is 15.8. The van der Waals surface area contributed by atoms with E-state index in [-0.39, 0.29) is 0 Å². The third-order valence-electron chi connectivity index (χ3n) is 6.79. The van der Waals surface area contributed by atoms with Crippen molar-refractivity contribution >= 4 is 22.5 Å². The molecule has 0 atom stereocenters. The van der Waals surface area contributed by atoms with Crippen molar-refractivity contribution in [1.29, 1.82) is 0 Å². The average Bonchev–Trinajstić information content (AvgIpc) is 3.28. The quantitative estimate of drug-likeness (QED) is 0.533. The standard InChI is InChI=1S/C24H27N7O/c1-6-21-22(26-9-8-25-21)15-17(1)20-7-10-31-23(20)16-27-24(29-31)28-18-2-4-19(5-3-18)30-11-13-32-14-12-30/h1,6-10,15-16,18-19H,2-5,11-14H2,(H,28,29)/t18-,19+. The minimum Gasteiger partial charge on any atom is -0.379 e. The Hall–Kier alpha value is -3.10. The van der Waals surface area contributed by atoms with Gasteiger partial charge in [-0.2, -0.15) is 0 Å².